The maximum Gasteiger partial charge on any atom is 0.193 e. The van der Waals surface area contributed by atoms with Crippen LogP contribution in [-0.4, -0.2) is 5.78 Å². The van der Waals surface area contributed by atoms with Gasteiger partial charge in [-0.3, -0.25) is 4.79 Å². The Labute approximate surface area is 131 Å². The summed E-state index contributed by atoms with van der Waals surface area (Å²) in [5.74, 6) is 0.0928. The number of benzene rings is 3. The van der Waals surface area contributed by atoms with Crippen LogP contribution in [0, 0.1) is 13.8 Å². The minimum Gasteiger partial charge on any atom is -0.289 e. The highest BCUT2D eigenvalue weighted by Gasteiger charge is 2.14. The average Bonchev–Trinajstić information content (AvgIpc) is 2.55. The van der Waals surface area contributed by atoms with E-state index in [0.29, 0.717) is 0 Å². The van der Waals surface area contributed by atoms with Gasteiger partial charge < -0.3 is 0 Å². The fourth-order valence-corrected chi connectivity index (χ4v) is 2.76. The van der Waals surface area contributed by atoms with Crippen molar-refractivity contribution in [1.82, 2.24) is 0 Å². The zero-order valence-corrected chi connectivity index (χ0v) is 12.8. The number of hydrogen-bond donors (Lipinski definition) is 0. The summed E-state index contributed by atoms with van der Waals surface area (Å²) in [7, 11) is 0. The molecule has 0 atom stereocenters. The van der Waals surface area contributed by atoms with E-state index in [1.807, 2.05) is 74.5 Å². The minimum absolute atomic E-state index is 0.0928. The maximum atomic E-state index is 12.7. The fourth-order valence-electron chi connectivity index (χ4n) is 2.76. The number of carbonyl (C=O) groups excluding carboxylic acids is 1. The molecule has 0 fully saturated rings. The zero-order valence-electron chi connectivity index (χ0n) is 12.8. The van der Waals surface area contributed by atoms with Crippen LogP contribution in [-0.2, 0) is 0 Å². The van der Waals surface area contributed by atoms with Gasteiger partial charge in [-0.15, -0.1) is 0 Å². The Morgan fingerprint density at radius 2 is 1.18 bits per heavy atom. The lowest BCUT2D eigenvalue weighted by Gasteiger charge is -2.09. The second kappa shape index (κ2) is 5.98. The summed E-state index contributed by atoms with van der Waals surface area (Å²) in [5.41, 5.74) is 5.88. The standard InChI is InChI=1S/C21H18O/c1-15-7-6-8-16(2)20(15)21(22)19-13-11-18(12-14-19)17-9-4-3-5-10-17/h3-14H,1-2H3. The van der Waals surface area contributed by atoms with Crippen LogP contribution in [0.1, 0.15) is 27.0 Å². The molecule has 0 saturated heterocycles. The summed E-state index contributed by atoms with van der Waals surface area (Å²) in [5, 5.41) is 0. The largest absolute Gasteiger partial charge is 0.289 e. The van der Waals surface area contributed by atoms with E-state index in [4.69, 9.17) is 0 Å². The van der Waals surface area contributed by atoms with Gasteiger partial charge in [0.15, 0.2) is 5.78 Å². The van der Waals surface area contributed by atoms with Gasteiger partial charge in [0.25, 0.3) is 0 Å². The van der Waals surface area contributed by atoms with Crippen molar-refractivity contribution in [2.45, 2.75) is 13.8 Å². The van der Waals surface area contributed by atoms with Crippen LogP contribution in [0.25, 0.3) is 11.1 Å². The quantitative estimate of drug-likeness (QED) is 0.605. The molecule has 108 valence electrons. The Bertz CT molecular complexity index is 779. The number of hydrogen-bond acceptors (Lipinski definition) is 1. The van der Waals surface area contributed by atoms with E-state index in [-0.39, 0.29) is 5.78 Å². The van der Waals surface area contributed by atoms with E-state index < -0.39 is 0 Å². The second-order valence-corrected chi connectivity index (χ2v) is 5.54. The third-order valence-corrected chi connectivity index (χ3v) is 3.96. The monoisotopic (exact) mass is 286 g/mol. The zero-order chi connectivity index (χ0) is 15.5. The van der Waals surface area contributed by atoms with Crippen LogP contribution in [0.15, 0.2) is 72.8 Å². The lowest BCUT2D eigenvalue weighted by Crippen LogP contribution is -2.06. The number of carbonyl (C=O) groups is 1. The van der Waals surface area contributed by atoms with Crippen molar-refractivity contribution in [3.63, 3.8) is 0 Å². The van der Waals surface area contributed by atoms with E-state index in [9.17, 15) is 4.79 Å². The van der Waals surface area contributed by atoms with E-state index in [2.05, 4.69) is 12.1 Å². The van der Waals surface area contributed by atoms with Gasteiger partial charge in [-0.05, 0) is 36.1 Å². The van der Waals surface area contributed by atoms with Gasteiger partial charge in [-0.2, -0.15) is 0 Å². The molecule has 3 rings (SSSR count). The Morgan fingerprint density at radius 1 is 0.636 bits per heavy atom. The normalized spacial score (nSPS) is 10.5. The van der Waals surface area contributed by atoms with Crippen molar-refractivity contribution in [2.75, 3.05) is 0 Å². The fraction of sp³-hybridized carbons (Fsp3) is 0.0952. The van der Waals surface area contributed by atoms with Crippen LogP contribution in [0.5, 0.6) is 0 Å². The van der Waals surface area contributed by atoms with Crippen LogP contribution in [0.4, 0.5) is 0 Å². The van der Waals surface area contributed by atoms with Gasteiger partial charge >= 0.3 is 0 Å². The molecule has 1 nitrogen and oxygen atoms in total. The van der Waals surface area contributed by atoms with Crippen molar-refractivity contribution in [3.05, 3.63) is 95.1 Å². The van der Waals surface area contributed by atoms with Gasteiger partial charge in [0.1, 0.15) is 0 Å². The number of rotatable bonds is 3. The van der Waals surface area contributed by atoms with Crippen LogP contribution >= 0.6 is 0 Å². The summed E-state index contributed by atoms with van der Waals surface area (Å²) in [6, 6.07) is 24.0. The molecule has 0 amide bonds. The molecular formula is C21H18O. The molecular weight excluding hydrogens is 268 g/mol. The van der Waals surface area contributed by atoms with Crippen molar-refractivity contribution < 1.29 is 4.79 Å². The first-order valence-corrected chi connectivity index (χ1v) is 7.43. The summed E-state index contributed by atoms with van der Waals surface area (Å²) in [6.45, 7) is 3.97. The minimum atomic E-state index is 0.0928. The second-order valence-electron chi connectivity index (χ2n) is 5.54. The van der Waals surface area contributed by atoms with Gasteiger partial charge in [0, 0.05) is 11.1 Å². The molecule has 1 heteroatoms. The van der Waals surface area contributed by atoms with Crippen molar-refractivity contribution in [1.29, 1.82) is 0 Å². The SMILES string of the molecule is Cc1cccc(C)c1C(=O)c1ccc(-c2ccccc2)cc1. The topological polar surface area (TPSA) is 17.1 Å². The summed E-state index contributed by atoms with van der Waals surface area (Å²) < 4.78 is 0. The molecule has 0 spiro atoms. The molecule has 3 aromatic carbocycles. The highest BCUT2D eigenvalue weighted by molar-refractivity contribution is 6.10. The van der Waals surface area contributed by atoms with E-state index in [1.54, 1.807) is 0 Å². The molecule has 0 bridgehead atoms. The van der Waals surface area contributed by atoms with Gasteiger partial charge in [-0.1, -0.05) is 72.8 Å². The first-order valence-electron chi connectivity index (χ1n) is 7.43. The molecule has 0 aliphatic heterocycles. The smallest absolute Gasteiger partial charge is 0.193 e. The third kappa shape index (κ3) is 2.71. The van der Waals surface area contributed by atoms with Crippen molar-refractivity contribution >= 4 is 5.78 Å². The molecule has 0 unspecified atom stereocenters. The van der Waals surface area contributed by atoms with Crippen LogP contribution in [0.3, 0.4) is 0 Å². The number of ketones is 1. The van der Waals surface area contributed by atoms with Crippen LogP contribution < -0.4 is 0 Å². The molecule has 0 heterocycles. The first-order chi connectivity index (χ1) is 10.7. The van der Waals surface area contributed by atoms with Gasteiger partial charge in [-0.25, -0.2) is 0 Å². The molecule has 0 aliphatic carbocycles. The van der Waals surface area contributed by atoms with E-state index in [1.165, 1.54) is 0 Å². The molecule has 0 saturated carbocycles. The van der Waals surface area contributed by atoms with E-state index >= 15 is 0 Å². The third-order valence-electron chi connectivity index (χ3n) is 3.96. The lowest BCUT2D eigenvalue weighted by molar-refractivity contribution is 0.103. The Balaban J connectivity index is 1.95. The predicted molar refractivity (Wildman–Crippen MR) is 91.2 cm³/mol. The maximum absolute atomic E-state index is 12.7. The molecule has 0 aromatic heterocycles. The summed E-state index contributed by atoms with van der Waals surface area (Å²) in [6.07, 6.45) is 0. The molecule has 0 radical (unpaired) electrons. The Morgan fingerprint density at radius 3 is 1.77 bits per heavy atom. The highest BCUT2D eigenvalue weighted by atomic mass is 16.1. The van der Waals surface area contributed by atoms with Crippen molar-refractivity contribution in [2.24, 2.45) is 0 Å². The van der Waals surface area contributed by atoms with Gasteiger partial charge in [0.2, 0.25) is 0 Å². The average molecular weight is 286 g/mol. The summed E-state index contributed by atoms with van der Waals surface area (Å²) in [4.78, 5) is 12.7. The predicted octanol–water partition coefficient (Wildman–Crippen LogP) is 5.20. The highest BCUT2D eigenvalue weighted by Crippen LogP contribution is 2.22. The molecule has 22 heavy (non-hydrogen) atoms. The number of aryl methyl sites for hydroxylation is 2. The van der Waals surface area contributed by atoms with E-state index in [0.717, 1.165) is 33.4 Å². The van der Waals surface area contributed by atoms with Gasteiger partial charge in [0.05, 0.1) is 0 Å². The Kier molecular flexibility index (Phi) is 3.88. The van der Waals surface area contributed by atoms with Crippen LogP contribution in [0.2, 0.25) is 0 Å². The molecule has 0 aliphatic rings. The molecule has 3 aromatic rings. The summed E-state index contributed by atoms with van der Waals surface area (Å²) >= 11 is 0. The van der Waals surface area contributed by atoms with Crippen molar-refractivity contribution in [3.8, 4) is 11.1 Å². The first kappa shape index (κ1) is 14.3. The Hall–Kier alpha value is -2.67. The molecule has 0 N–H and O–H groups in total. The lowest BCUT2D eigenvalue weighted by atomic mass is 9.94.